The van der Waals surface area contributed by atoms with Gasteiger partial charge in [-0.25, -0.2) is 0 Å². The summed E-state index contributed by atoms with van der Waals surface area (Å²) >= 11 is 12.7. The fraction of sp³-hybridized carbons (Fsp3) is 0.0500. The van der Waals surface area contributed by atoms with Crippen LogP contribution >= 0.6 is 23.2 Å². The average Bonchev–Trinajstić information content (AvgIpc) is 3.15. The number of hydrogen-bond acceptors (Lipinski definition) is 2. The first-order chi connectivity index (χ1) is 12.2. The van der Waals surface area contributed by atoms with Gasteiger partial charge >= 0.3 is 0 Å². The maximum absolute atomic E-state index is 6.42. The molecule has 5 heteroatoms. The van der Waals surface area contributed by atoms with Crippen molar-refractivity contribution in [3.63, 3.8) is 0 Å². The van der Waals surface area contributed by atoms with E-state index in [0.717, 1.165) is 39.4 Å². The Labute approximate surface area is 154 Å². The van der Waals surface area contributed by atoms with E-state index in [1.54, 1.807) is 6.07 Å². The maximum Gasteiger partial charge on any atom is 0.152 e. The van der Waals surface area contributed by atoms with Gasteiger partial charge in [0.05, 0.1) is 23.6 Å². The molecule has 0 radical (unpaired) electrons. The molecule has 3 nitrogen and oxygen atoms in total. The number of fused-ring (bicyclic) bond motifs is 4. The molecule has 0 atom stereocenters. The first-order valence-corrected chi connectivity index (χ1v) is 8.65. The molecular formula is C20H12Cl2N2O. The number of halogens is 2. The lowest BCUT2D eigenvalue weighted by atomic mass is 10.1. The van der Waals surface area contributed by atoms with Gasteiger partial charge < -0.3 is 8.98 Å². The van der Waals surface area contributed by atoms with Crippen molar-refractivity contribution in [3.05, 3.63) is 75.9 Å². The highest BCUT2D eigenvalue weighted by molar-refractivity contribution is 6.35. The molecule has 2 aromatic heterocycles. The summed E-state index contributed by atoms with van der Waals surface area (Å²) in [7, 11) is 0. The van der Waals surface area contributed by atoms with Crippen molar-refractivity contribution in [3.8, 4) is 17.1 Å². The first kappa shape index (κ1) is 14.8. The second kappa shape index (κ2) is 5.51. The molecule has 1 aliphatic rings. The molecule has 0 saturated carbocycles. The fourth-order valence-electron chi connectivity index (χ4n) is 3.30. The molecule has 0 unspecified atom stereocenters. The summed E-state index contributed by atoms with van der Waals surface area (Å²) in [6.07, 6.45) is 1.86. The summed E-state index contributed by atoms with van der Waals surface area (Å²) in [5.41, 5.74) is 4.66. The van der Waals surface area contributed by atoms with Gasteiger partial charge in [-0.05, 0) is 36.4 Å². The summed E-state index contributed by atoms with van der Waals surface area (Å²) in [6.45, 7) is 0.520. The van der Waals surface area contributed by atoms with Crippen LogP contribution in [0.3, 0.4) is 0 Å². The SMILES string of the molecule is Clc1cc(Cl)c2c(c1)-n1c(ccc1-c1cc3ccccc3o1)C=NC2. The van der Waals surface area contributed by atoms with Crippen LogP contribution in [0.25, 0.3) is 28.1 Å². The largest absolute Gasteiger partial charge is 0.455 e. The third-order valence-corrected chi connectivity index (χ3v) is 5.00. The van der Waals surface area contributed by atoms with Crippen molar-refractivity contribution in [2.45, 2.75) is 6.54 Å². The van der Waals surface area contributed by atoms with E-state index in [1.165, 1.54) is 0 Å². The summed E-state index contributed by atoms with van der Waals surface area (Å²) in [5, 5.41) is 2.29. The van der Waals surface area contributed by atoms with E-state index in [4.69, 9.17) is 27.6 Å². The van der Waals surface area contributed by atoms with Gasteiger partial charge in [0, 0.05) is 27.2 Å². The van der Waals surface area contributed by atoms with E-state index in [2.05, 4.69) is 9.56 Å². The molecule has 122 valence electrons. The smallest absolute Gasteiger partial charge is 0.152 e. The number of furan rings is 1. The van der Waals surface area contributed by atoms with Gasteiger partial charge in [-0.1, -0.05) is 41.4 Å². The third kappa shape index (κ3) is 2.31. The summed E-state index contributed by atoms with van der Waals surface area (Å²) in [4.78, 5) is 4.49. The van der Waals surface area contributed by atoms with Crippen molar-refractivity contribution >= 4 is 40.4 Å². The van der Waals surface area contributed by atoms with E-state index in [9.17, 15) is 0 Å². The lowest BCUT2D eigenvalue weighted by Crippen LogP contribution is -2.03. The second-order valence-electron chi connectivity index (χ2n) is 5.98. The van der Waals surface area contributed by atoms with Gasteiger partial charge in [0.25, 0.3) is 0 Å². The fourth-order valence-corrected chi connectivity index (χ4v) is 3.84. The van der Waals surface area contributed by atoms with Crippen LogP contribution in [-0.2, 0) is 6.54 Å². The quantitative estimate of drug-likeness (QED) is 0.398. The van der Waals surface area contributed by atoms with E-state index < -0.39 is 0 Å². The van der Waals surface area contributed by atoms with Crippen LogP contribution < -0.4 is 0 Å². The molecule has 0 N–H and O–H groups in total. The number of rotatable bonds is 1. The number of aromatic nitrogens is 1. The molecule has 0 spiro atoms. The van der Waals surface area contributed by atoms with Gasteiger partial charge in [-0.2, -0.15) is 0 Å². The highest BCUT2D eigenvalue weighted by Crippen LogP contribution is 2.36. The minimum absolute atomic E-state index is 0.520. The van der Waals surface area contributed by atoms with Gasteiger partial charge in [0.2, 0.25) is 0 Å². The Hall–Kier alpha value is -2.49. The summed E-state index contributed by atoms with van der Waals surface area (Å²) in [5.74, 6) is 0.796. The van der Waals surface area contributed by atoms with Crippen LogP contribution in [0.4, 0.5) is 0 Å². The van der Waals surface area contributed by atoms with Crippen molar-refractivity contribution in [1.29, 1.82) is 0 Å². The van der Waals surface area contributed by atoms with Crippen LogP contribution in [0.1, 0.15) is 11.3 Å². The summed E-state index contributed by atoms with van der Waals surface area (Å²) in [6, 6.07) is 17.8. The molecule has 1 aliphatic heterocycles. The number of nitrogens with zero attached hydrogens (tertiary/aromatic N) is 2. The van der Waals surface area contributed by atoms with E-state index in [-0.39, 0.29) is 0 Å². The minimum atomic E-state index is 0.520. The molecule has 0 saturated heterocycles. The predicted molar refractivity (Wildman–Crippen MR) is 102 cm³/mol. The van der Waals surface area contributed by atoms with E-state index in [0.29, 0.717) is 16.6 Å². The van der Waals surface area contributed by atoms with Crippen molar-refractivity contribution < 1.29 is 4.42 Å². The van der Waals surface area contributed by atoms with Gasteiger partial charge in [0.1, 0.15) is 5.58 Å². The number of hydrogen-bond donors (Lipinski definition) is 0. The van der Waals surface area contributed by atoms with Gasteiger partial charge in [0.15, 0.2) is 5.76 Å². The molecule has 25 heavy (non-hydrogen) atoms. The van der Waals surface area contributed by atoms with Crippen LogP contribution in [0, 0.1) is 0 Å². The minimum Gasteiger partial charge on any atom is -0.455 e. The van der Waals surface area contributed by atoms with E-state index in [1.807, 2.05) is 54.7 Å². The van der Waals surface area contributed by atoms with Crippen molar-refractivity contribution in [1.82, 2.24) is 4.57 Å². The zero-order valence-electron chi connectivity index (χ0n) is 13.0. The zero-order valence-corrected chi connectivity index (χ0v) is 14.6. The Bertz CT molecular complexity index is 1120. The molecule has 3 heterocycles. The summed E-state index contributed by atoms with van der Waals surface area (Å²) < 4.78 is 8.16. The first-order valence-electron chi connectivity index (χ1n) is 7.89. The normalized spacial score (nSPS) is 12.9. The third-order valence-electron chi connectivity index (χ3n) is 4.44. The van der Waals surface area contributed by atoms with Crippen LogP contribution in [-0.4, -0.2) is 10.8 Å². The van der Waals surface area contributed by atoms with Crippen molar-refractivity contribution in [2.24, 2.45) is 4.99 Å². The lowest BCUT2D eigenvalue weighted by molar-refractivity contribution is 0.626. The predicted octanol–water partition coefficient (Wildman–Crippen LogP) is 6.13. The topological polar surface area (TPSA) is 30.4 Å². The monoisotopic (exact) mass is 366 g/mol. The average molecular weight is 367 g/mol. The standard InChI is InChI=1S/C20H12Cl2N2O/c21-13-8-16(22)15-11-23-10-14-5-6-17(24(14)18(15)9-13)20-7-12-3-1-2-4-19(12)25-20/h1-10H,11H2. The zero-order chi connectivity index (χ0) is 17.0. The Morgan fingerprint density at radius 1 is 1.00 bits per heavy atom. The molecule has 0 fully saturated rings. The van der Waals surface area contributed by atoms with E-state index >= 15 is 0 Å². The molecule has 5 rings (SSSR count). The molecule has 4 aromatic rings. The Morgan fingerprint density at radius 2 is 1.88 bits per heavy atom. The Morgan fingerprint density at radius 3 is 2.76 bits per heavy atom. The van der Waals surface area contributed by atoms with Gasteiger partial charge in [-0.15, -0.1) is 0 Å². The second-order valence-corrected chi connectivity index (χ2v) is 6.83. The maximum atomic E-state index is 6.42. The molecular weight excluding hydrogens is 355 g/mol. The van der Waals surface area contributed by atoms with Crippen LogP contribution in [0.5, 0.6) is 0 Å². The Balaban J connectivity index is 1.81. The van der Waals surface area contributed by atoms with Crippen LogP contribution in [0.2, 0.25) is 10.0 Å². The highest BCUT2D eigenvalue weighted by Gasteiger charge is 2.20. The molecule has 0 amide bonds. The Kier molecular flexibility index (Phi) is 3.27. The molecule has 0 bridgehead atoms. The van der Waals surface area contributed by atoms with Crippen molar-refractivity contribution in [2.75, 3.05) is 0 Å². The number of aliphatic imine (C=N–C) groups is 1. The lowest BCUT2D eigenvalue weighted by Gasteiger charge is -2.14. The molecule has 0 aliphatic carbocycles. The number of benzene rings is 2. The molecule has 2 aromatic carbocycles. The number of para-hydroxylation sites is 1. The van der Waals surface area contributed by atoms with Crippen LogP contribution in [0.15, 0.2) is 64.0 Å². The highest BCUT2D eigenvalue weighted by atomic mass is 35.5. The van der Waals surface area contributed by atoms with Gasteiger partial charge in [-0.3, -0.25) is 4.99 Å².